The highest BCUT2D eigenvalue weighted by Crippen LogP contribution is 2.40. The molecule has 2 rings (SSSR count). The van der Waals surface area contributed by atoms with Crippen LogP contribution in [0.1, 0.15) is 22.0 Å². The molecule has 0 saturated carbocycles. The fourth-order valence-corrected chi connectivity index (χ4v) is 4.40. The molecule has 0 fully saturated rings. The minimum absolute atomic E-state index is 0.264. The predicted octanol–water partition coefficient (Wildman–Crippen LogP) is 5.29. The summed E-state index contributed by atoms with van der Waals surface area (Å²) < 4.78 is 7.32. The van der Waals surface area contributed by atoms with Crippen LogP contribution in [0.2, 0.25) is 5.02 Å². The van der Waals surface area contributed by atoms with Crippen LogP contribution in [-0.2, 0) is 0 Å². The Bertz CT molecular complexity index is 595. The third-order valence-corrected chi connectivity index (χ3v) is 5.79. The first-order chi connectivity index (χ1) is 8.93. The normalized spacial score (nSPS) is 12.5. The van der Waals surface area contributed by atoms with E-state index in [4.69, 9.17) is 22.1 Å². The van der Waals surface area contributed by atoms with E-state index < -0.39 is 0 Å². The SMILES string of the molecule is COc1c(Br)cc(Cl)cc1C(N)c1cc(C)c(Br)s1. The molecular weight excluding hydrogens is 413 g/mol. The van der Waals surface area contributed by atoms with Crippen molar-refractivity contribution >= 4 is 54.8 Å². The van der Waals surface area contributed by atoms with Crippen LogP contribution in [0.3, 0.4) is 0 Å². The van der Waals surface area contributed by atoms with Crippen molar-refractivity contribution in [3.63, 3.8) is 0 Å². The Balaban J connectivity index is 2.51. The Morgan fingerprint density at radius 1 is 1.32 bits per heavy atom. The van der Waals surface area contributed by atoms with Gasteiger partial charge < -0.3 is 10.5 Å². The number of ether oxygens (including phenoxy) is 1. The largest absolute Gasteiger partial charge is 0.495 e. The lowest BCUT2D eigenvalue weighted by Crippen LogP contribution is -2.12. The molecule has 0 aliphatic carbocycles. The number of methoxy groups -OCH3 is 1. The van der Waals surface area contributed by atoms with Crippen LogP contribution in [-0.4, -0.2) is 7.11 Å². The number of halogens is 3. The fourth-order valence-electron chi connectivity index (χ4n) is 1.82. The molecule has 0 amide bonds. The Hall–Kier alpha value is -0.0700. The predicted molar refractivity (Wildman–Crippen MR) is 88.5 cm³/mol. The maximum atomic E-state index is 6.34. The second-order valence-corrected chi connectivity index (χ2v) is 7.79. The van der Waals surface area contributed by atoms with Gasteiger partial charge in [0.15, 0.2) is 0 Å². The van der Waals surface area contributed by atoms with Crippen LogP contribution in [0.4, 0.5) is 0 Å². The summed E-state index contributed by atoms with van der Waals surface area (Å²) in [6.07, 6.45) is 0. The van der Waals surface area contributed by atoms with Crippen molar-refractivity contribution in [3.05, 3.63) is 47.5 Å². The van der Waals surface area contributed by atoms with Crippen molar-refractivity contribution in [1.82, 2.24) is 0 Å². The number of hydrogen-bond acceptors (Lipinski definition) is 3. The lowest BCUT2D eigenvalue weighted by Gasteiger charge is -2.16. The molecule has 6 heteroatoms. The molecule has 1 aromatic carbocycles. The first-order valence-corrected chi connectivity index (χ1v) is 8.26. The van der Waals surface area contributed by atoms with Crippen molar-refractivity contribution in [3.8, 4) is 5.75 Å². The molecule has 2 N–H and O–H groups in total. The maximum Gasteiger partial charge on any atom is 0.138 e. The molecule has 0 bridgehead atoms. The topological polar surface area (TPSA) is 35.2 Å². The molecule has 19 heavy (non-hydrogen) atoms. The highest BCUT2D eigenvalue weighted by Gasteiger charge is 2.19. The van der Waals surface area contributed by atoms with Gasteiger partial charge in [0, 0.05) is 15.5 Å². The summed E-state index contributed by atoms with van der Waals surface area (Å²) in [5.74, 6) is 0.721. The molecule has 0 spiro atoms. The summed E-state index contributed by atoms with van der Waals surface area (Å²) in [6.45, 7) is 2.04. The smallest absolute Gasteiger partial charge is 0.138 e. The fraction of sp³-hybridized carbons (Fsp3) is 0.231. The molecule has 1 aromatic heterocycles. The van der Waals surface area contributed by atoms with Crippen molar-refractivity contribution in [1.29, 1.82) is 0 Å². The second kappa shape index (κ2) is 6.14. The van der Waals surface area contributed by atoms with E-state index in [0.717, 1.165) is 24.4 Å². The number of nitrogens with two attached hydrogens (primary N) is 1. The molecule has 0 radical (unpaired) electrons. The minimum Gasteiger partial charge on any atom is -0.495 e. The summed E-state index contributed by atoms with van der Waals surface area (Å²) in [5.41, 5.74) is 8.39. The van der Waals surface area contributed by atoms with E-state index in [9.17, 15) is 0 Å². The van der Waals surface area contributed by atoms with Gasteiger partial charge in [0.1, 0.15) is 5.75 Å². The molecule has 0 aliphatic rings. The van der Waals surface area contributed by atoms with Crippen LogP contribution >= 0.6 is 54.8 Å². The Labute approximate surface area is 138 Å². The molecule has 1 heterocycles. The quantitative estimate of drug-likeness (QED) is 0.725. The summed E-state index contributed by atoms with van der Waals surface area (Å²) in [6, 6.07) is 5.46. The van der Waals surface area contributed by atoms with E-state index in [1.54, 1.807) is 24.5 Å². The lowest BCUT2D eigenvalue weighted by molar-refractivity contribution is 0.405. The van der Waals surface area contributed by atoms with Crippen molar-refractivity contribution in [2.45, 2.75) is 13.0 Å². The number of benzene rings is 1. The number of thiophene rings is 1. The van der Waals surface area contributed by atoms with Gasteiger partial charge in [-0.25, -0.2) is 0 Å². The van der Waals surface area contributed by atoms with Gasteiger partial charge in [-0.2, -0.15) is 0 Å². The molecule has 102 valence electrons. The van der Waals surface area contributed by atoms with Gasteiger partial charge in [-0.1, -0.05) is 11.6 Å². The van der Waals surface area contributed by atoms with E-state index >= 15 is 0 Å². The van der Waals surface area contributed by atoms with Crippen LogP contribution < -0.4 is 10.5 Å². The lowest BCUT2D eigenvalue weighted by atomic mass is 10.0. The van der Waals surface area contributed by atoms with E-state index in [1.165, 1.54) is 5.56 Å². The standard InChI is InChI=1S/C13H12Br2ClNOS/c1-6-3-10(19-13(6)15)11(17)8-4-7(16)5-9(14)12(8)18-2/h3-5,11H,17H2,1-2H3. The zero-order chi connectivity index (χ0) is 14.2. The highest BCUT2D eigenvalue weighted by molar-refractivity contribution is 9.11. The van der Waals surface area contributed by atoms with Gasteiger partial charge >= 0.3 is 0 Å². The molecule has 2 aromatic rings. The van der Waals surface area contributed by atoms with Crippen molar-refractivity contribution < 1.29 is 4.74 Å². The van der Waals surface area contributed by atoms with Gasteiger partial charge in [-0.05, 0) is 62.5 Å². The zero-order valence-electron chi connectivity index (χ0n) is 10.3. The Morgan fingerprint density at radius 3 is 2.53 bits per heavy atom. The molecule has 0 aliphatic heterocycles. The first-order valence-electron chi connectivity index (χ1n) is 5.48. The summed E-state index contributed by atoms with van der Waals surface area (Å²) in [5, 5.41) is 0.630. The minimum atomic E-state index is -0.264. The Morgan fingerprint density at radius 2 is 2.00 bits per heavy atom. The van der Waals surface area contributed by atoms with E-state index in [-0.39, 0.29) is 6.04 Å². The molecule has 1 unspecified atom stereocenters. The number of aryl methyl sites for hydroxylation is 1. The number of hydrogen-bond donors (Lipinski definition) is 1. The average Bonchev–Trinajstić information content (AvgIpc) is 2.68. The van der Waals surface area contributed by atoms with E-state index in [0.29, 0.717) is 5.02 Å². The van der Waals surface area contributed by atoms with Crippen LogP contribution in [0.25, 0.3) is 0 Å². The Kier molecular flexibility index (Phi) is 4.95. The van der Waals surface area contributed by atoms with Crippen molar-refractivity contribution in [2.24, 2.45) is 5.73 Å². The van der Waals surface area contributed by atoms with Gasteiger partial charge in [0.25, 0.3) is 0 Å². The molecule has 0 saturated heterocycles. The third kappa shape index (κ3) is 3.16. The maximum absolute atomic E-state index is 6.34. The highest BCUT2D eigenvalue weighted by atomic mass is 79.9. The zero-order valence-corrected chi connectivity index (χ0v) is 15.1. The van der Waals surface area contributed by atoms with E-state index in [1.807, 2.05) is 13.0 Å². The summed E-state index contributed by atoms with van der Waals surface area (Å²) in [7, 11) is 1.62. The average molecular weight is 426 g/mol. The molecule has 1 atom stereocenters. The van der Waals surface area contributed by atoms with Gasteiger partial charge in [0.2, 0.25) is 0 Å². The molecular formula is C13H12Br2ClNOS. The molecule has 2 nitrogen and oxygen atoms in total. The van der Waals surface area contributed by atoms with Gasteiger partial charge in [-0.3, -0.25) is 0 Å². The van der Waals surface area contributed by atoms with Gasteiger partial charge in [0.05, 0.1) is 21.4 Å². The van der Waals surface area contributed by atoms with Crippen LogP contribution in [0.15, 0.2) is 26.5 Å². The number of rotatable bonds is 3. The van der Waals surface area contributed by atoms with E-state index in [2.05, 4.69) is 37.9 Å². The monoisotopic (exact) mass is 423 g/mol. The first kappa shape index (κ1) is 15.3. The van der Waals surface area contributed by atoms with Gasteiger partial charge in [-0.15, -0.1) is 11.3 Å². The third-order valence-electron chi connectivity index (χ3n) is 2.76. The summed E-state index contributed by atoms with van der Waals surface area (Å²) in [4.78, 5) is 1.07. The second-order valence-electron chi connectivity index (χ2n) is 4.09. The van der Waals surface area contributed by atoms with Crippen LogP contribution in [0, 0.1) is 6.92 Å². The summed E-state index contributed by atoms with van der Waals surface area (Å²) >= 11 is 14.7. The van der Waals surface area contributed by atoms with Crippen LogP contribution in [0.5, 0.6) is 5.75 Å². The van der Waals surface area contributed by atoms with Crippen molar-refractivity contribution in [2.75, 3.05) is 7.11 Å².